The van der Waals surface area contributed by atoms with Gasteiger partial charge in [0.25, 0.3) is 0 Å². The number of nitrogens with zero attached hydrogens (tertiary/aromatic N) is 3. The van der Waals surface area contributed by atoms with Crippen LogP contribution in [-0.2, 0) is 0 Å². The highest BCUT2D eigenvalue weighted by atomic mass is 16.3. The Kier molecular flexibility index (Phi) is 6.76. The summed E-state index contributed by atoms with van der Waals surface area (Å²) in [5.41, 5.74) is 2.87. The van der Waals surface area contributed by atoms with E-state index in [1.54, 1.807) is 42.7 Å². The molecule has 3 aromatic carbocycles. The largest absolute Gasteiger partial charge is 0.465 e. The van der Waals surface area contributed by atoms with Crippen molar-refractivity contribution in [3.05, 3.63) is 121 Å². The maximum atomic E-state index is 12.6. The Labute approximate surface area is 207 Å². The second-order valence-corrected chi connectivity index (χ2v) is 7.71. The van der Waals surface area contributed by atoms with Crippen molar-refractivity contribution in [3.63, 3.8) is 0 Å². The van der Waals surface area contributed by atoms with E-state index in [2.05, 4.69) is 30.9 Å². The van der Waals surface area contributed by atoms with Crippen LogP contribution in [-0.4, -0.2) is 20.7 Å². The van der Waals surface area contributed by atoms with Crippen LogP contribution in [0.15, 0.2) is 114 Å². The number of anilines is 6. The summed E-state index contributed by atoms with van der Waals surface area (Å²) in [6, 6.07) is 29.9. The molecule has 0 bridgehead atoms. The quantitative estimate of drug-likeness (QED) is 0.162. The van der Waals surface area contributed by atoms with E-state index in [0.717, 1.165) is 11.4 Å². The fraction of sp³-hybridized carbons (Fsp3) is 0. The van der Waals surface area contributed by atoms with Crippen molar-refractivity contribution < 1.29 is 9.21 Å². The van der Waals surface area contributed by atoms with E-state index < -0.39 is 0 Å². The predicted molar refractivity (Wildman–Crippen MR) is 141 cm³/mol. The highest BCUT2D eigenvalue weighted by Gasteiger charge is 2.10. The molecule has 0 unspecified atom stereocenters. The summed E-state index contributed by atoms with van der Waals surface area (Å²) >= 11 is 0. The molecule has 2 heterocycles. The lowest BCUT2D eigenvalue weighted by molar-refractivity contribution is 0.104. The Morgan fingerprint density at radius 2 is 1.19 bits per heavy atom. The number of ketones is 1. The second kappa shape index (κ2) is 10.8. The van der Waals surface area contributed by atoms with Gasteiger partial charge < -0.3 is 20.4 Å². The van der Waals surface area contributed by atoms with E-state index in [0.29, 0.717) is 34.9 Å². The van der Waals surface area contributed by atoms with Crippen LogP contribution in [0.1, 0.15) is 16.1 Å². The van der Waals surface area contributed by atoms with Gasteiger partial charge in [-0.3, -0.25) is 4.79 Å². The van der Waals surface area contributed by atoms with Crippen molar-refractivity contribution in [2.45, 2.75) is 0 Å². The number of carbonyl (C=O) groups is 1. The van der Waals surface area contributed by atoms with Gasteiger partial charge in [-0.2, -0.15) is 15.0 Å². The molecule has 3 N–H and O–H groups in total. The number of hydrogen-bond donors (Lipinski definition) is 3. The Morgan fingerprint density at radius 1 is 0.639 bits per heavy atom. The molecule has 8 nitrogen and oxygen atoms in total. The molecule has 0 radical (unpaired) electrons. The number of allylic oxidation sites excluding steroid dienone is 1. The van der Waals surface area contributed by atoms with Gasteiger partial charge in [0, 0.05) is 22.6 Å². The standard InChI is InChI=1S/C28H22N6O2/c35-25(17-16-24-15-8-18-36-24)20-9-7-14-23(19-20)31-28-33-26(29-21-10-3-1-4-11-21)32-27(34-28)30-22-12-5-2-6-13-22/h1-19H,(H3,29,30,31,32,33,34)/b17-16+. The summed E-state index contributed by atoms with van der Waals surface area (Å²) in [5.74, 6) is 1.51. The third-order valence-electron chi connectivity index (χ3n) is 5.04. The maximum Gasteiger partial charge on any atom is 0.233 e. The molecule has 0 aliphatic heterocycles. The summed E-state index contributed by atoms with van der Waals surface area (Å²) in [6.07, 6.45) is 4.67. The van der Waals surface area contributed by atoms with E-state index in [4.69, 9.17) is 4.42 Å². The number of aromatic nitrogens is 3. The van der Waals surface area contributed by atoms with Crippen molar-refractivity contribution in [2.24, 2.45) is 0 Å². The lowest BCUT2D eigenvalue weighted by Gasteiger charge is -2.12. The minimum atomic E-state index is -0.149. The smallest absolute Gasteiger partial charge is 0.233 e. The van der Waals surface area contributed by atoms with Crippen LogP contribution in [0.3, 0.4) is 0 Å². The first-order chi connectivity index (χ1) is 17.7. The van der Waals surface area contributed by atoms with Crippen LogP contribution >= 0.6 is 0 Å². The van der Waals surface area contributed by atoms with E-state index in [-0.39, 0.29) is 5.78 Å². The molecule has 5 rings (SSSR count). The van der Waals surface area contributed by atoms with E-state index in [1.165, 1.54) is 6.08 Å². The fourth-order valence-electron chi connectivity index (χ4n) is 3.36. The average molecular weight is 475 g/mol. The van der Waals surface area contributed by atoms with Crippen LogP contribution in [0.25, 0.3) is 6.08 Å². The van der Waals surface area contributed by atoms with Gasteiger partial charge in [0.2, 0.25) is 17.8 Å². The molecule has 0 fully saturated rings. The SMILES string of the molecule is O=C(/C=C/c1ccco1)c1cccc(Nc2nc(Nc3ccccc3)nc(Nc3ccccc3)n2)c1. The molecule has 8 heteroatoms. The first-order valence-electron chi connectivity index (χ1n) is 11.2. The minimum Gasteiger partial charge on any atom is -0.465 e. The van der Waals surface area contributed by atoms with Crippen LogP contribution in [0.2, 0.25) is 0 Å². The first kappa shape index (κ1) is 22.5. The Morgan fingerprint density at radius 3 is 1.75 bits per heavy atom. The van der Waals surface area contributed by atoms with Crippen LogP contribution in [0, 0.1) is 0 Å². The van der Waals surface area contributed by atoms with Crippen LogP contribution < -0.4 is 16.0 Å². The number of carbonyl (C=O) groups excluding carboxylic acids is 1. The Bertz CT molecular complexity index is 1410. The summed E-state index contributed by atoms with van der Waals surface area (Å²) in [6.45, 7) is 0. The van der Waals surface area contributed by atoms with E-state index in [1.807, 2.05) is 66.7 Å². The molecule has 5 aromatic rings. The zero-order valence-electron chi connectivity index (χ0n) is 19.1. The molecule has 0 saturated carbocycles. The summed E-state index contributed by atoms with van der Waals surface area (Å²) < 4.78 is 5.24. The molecule has 2 aromatic heterocycles. The van der Waals surface area contributed by atoms with Crippen molar-refractivity contribution >= 4 is 46.8 Å². The number of rotatable bonds is 9. The first-order valence-corrected chi connectivity index (χ1v) is 11.2. The van der Waals surface area contributed by atoms with Crippen molar-refractivity contribution in [1.29, 1.82) is 0 Å². The minimum absolute atomic E-state index is 0.149. The normalized spacial score (nSPS) is 10.8. The summed E-state index contributed by atoms with van der Waals surface area (Å²) in [7, 11) is 0. The molecule has 0 amide bonds. The third-order valence-corrected chi connectivity index (χ3v) is 5.04. The molecule has 0 atom stereocenters. The lowest BCUT2D eigenvalue weighted by atomic mass is 10.1. The van der Waals surface area contributed by atoms with Gasteiger partial charge in [-0.25, -0.2) is 0 Å². The van der Waals surface area contributed by atoms with Crippen LogP contribution in [0.4, 0.5) is 34.9 Å². The van der Waals surface area contributed by atoms with Gasteiger partial charge >= 0.3 is 0 Å². The van der Waals surface area contributed by atoms with Crippen molar-refractivity contribution in [2.75, 3.05) is 16.0 Å². The maximum absolute atomic E-state index is 12.6. The topological polar surface area (TPSA) is 105 Å². The highest BCUT2D eigenvalue weighted by molar-refractivity contribution is 6.07. The molecule has 0 saturated heterocycles. The summed E-state index contributed by atoms with van der Waals surface area (Å²) in [4.78, 5) is 26.2. The number of furan rings is 1. The summed E-state index contributed by atoms with van der Waals surface area (Å²) in [5, 5.41) is 9.59. The monoisotopic (exact) mass is 474 g/mol. The molecule has 36 heavy (non-hydrogen) atoms. The zero-order valence-corrected chi connectivity index (χ0v) is 19.1. The lowest BCUT2D eigenvalue weighted by Crippen LogP contribution is -2.07. The molecule has 0 spiro atoms. The fourth-order valence-corrected chi connectivity index (χ4v) is 3.36. The number of para-hydroxylation sites is 2. The zero-order chi connectivity index (χ0) is 24.6. The Balaban J connectivity index is 1.39. The van der Waals surface area contributed by atoms with Crippen molar-refractivity contribution in [1.82, 2.24) is 15.0 Å². The van der Waals surface area contributed by atoms with Gasteiger partial charge in [-0.15, -0.1) is 0 Å². The second-order valence-electron chi connectivity index (χ2n) is 7.71. The molecule has 0 aliphatic carbocycles. The van der Waals surface area contributed by atoms with Gasteiger partial charge in [0.05, 0.1) is 6.26 Å². The van der Waals surface area contributed by atoms with Crippen molar-refractivity contribution in [3.8, 4) is 0 Å². The highest BCUT2D eigenvalue weighted by Crippen LogP contribution is 2.21. The molecular formula is C28H22N6O2. The van der Waals surface area contributed by atoms with Gasteiger partial charge in [0.1, 0.15) is 5.76 Å². The van der Waals surface area contributed by atoms with Crippen LogP contribution in [0.5, 0.6) is 0 Å². The van der Waals surface area contributed by atoms with Gasteiger partial charge in [0.15, 0.2) is 5.78 Å². The average Bonchev–Trinajstić information content (AvgIpc) is 3.42. The molecule has 176 valence electrons. The predicted octanol–water partition coefficient (Wildman–Crippen LogP) is 6.59. The molecular weight excluding hydrogens is 452 g/mol. The number of hydrogen-bond acceptors (Lipinski definition) is 8. The van der Waals surface area contributed by atoms with E-state index >= 15 is 0 Å². The Hall–Kier alpha value is -5.24. The van der Waals surface area contributed by atoms with E-state index in [9.17, 15) is 4.79 Å². The van der Waals surface area contributed by atoms with Gasteiger partial charge in [-0.05, 0) is 60.7 Å². The number of nitrogens with one attached hydrogen (secondary N) is 3. The van der Waals surface area contributed by atoms with Gasteiger partial charge in [-0.1, -0.05) is 48.5 Å². The molecule has 0 aliphatic rings. The third kappa shape index (κ3) is 6.00. The number of benzene rings is 3.